The predicted octanol–water partition coefficient (Wildman–Crippen LogP) is 0.538. The number of anilines is 1. The van der Waals surface area contributed by atoms with Crippen molar-refractivity contribution in [1.29, 1.82) is 5.26 Å². The molecule has 90 valence electrons. The Morgan fingerprint density at radius 1 is 1.71 bits per heavy atom. The highest BCUT2D eigenvalue weighted by atomic mass is 32.1. The highest BCUT2D eigenvalue weighted by Crippen LogP contribution is 2.36. The molecule has 1 aromatic heterocycles. The number of nitrogens with zero attached hydrogens (tertiary/aromatic N) is 2. The Morgan fingerprint density at radius 2 is 2.47 bits per heavy atom. The normalized spacial score (nSPS) is 14.1. The van der Waals surface area contributed by atoms with Gasteiger partial charge in [-0.1, -0.05) is 0 Å². The van der Waals surface area contributed by atoms with Crippen LogP contribution in [0.25, 0.3) is 0 Å². The third-order valence-electron chi connectivity index (χ3n) is 2.88. The lowest BCUT2D eigenvalue weighted by molar-refractivity contribution is -0.135. The maximum Gasteiger partial charge on any atom is 0.248 e. The lowest BCUT2D eigenvalue weighted by Crippen LogP contribution is -2.37. The standard InChI is InChI=1S/C11H13N3O2S/c1-13-11-8(4-12)7-2-3-14(10(16)6-15)5-9(7)17-11/h13,15H,2-3,5-6H2,1H3. The van der Waals surface area contributed by atoms with Gasteiger partial charge in [0.25, 0.3) is 0 Å². The number of aliphatic hydroxyl groups excluding tert-OH is 1. The average Bonchev–Trinajstić information content (AvgIpc) is 2.74. The van der Waals surface area contributed by atoms with E-state index >= 15 is 0 Å². The molecular formula is C11H13N3O2S. The zero-order valence-corrected chi connectivity index (χ0v) is 10.3. The Morgan fingerprint density at radius 3 is 3.06 bits per heavy atom. The fraction of sp³-hybridized carbons (Fsp3) is 0.455. The maximum absolute atomic E-state index is 11.4. The minimum absolute atomic E-state index is 0.256. The van der Waals surface area contributed by atoms with Gasteiger partial charge in [-0.15, -0.1) is 11.3 Å². The molecule has 1 amide bonds. The third-order valence-corrected chi connectivity index (χ3v) is 4.12. The SMILES string of the molecule is CNc1sc2c(c1C#N)CCN(C(=O)CO)C2. The molecular weight excluding hydrogens is 238 g/mol. The zero-order chi connectivity index (χ0) is 12.4. The van der Waals surface area contributed by atoms with Gasteiger partial charge >= 0.3 is 0 Å². The van der Waals surface area contributed by atoms with Gasteiger partial charge in [0.15, 0.2) is 0 Å². The van der Waals surface area contributed by atoms with E-state index in [9.17, 15) is 4.79 Å². The van der Waals surface area contributed by atoms with E-state index in [0.29, 0.717) is 25.1 Å². The van der Waals surface area contributed by atoms with Crippen LogP contribution in [0, 0.1) is 11.3 Å². The summed E-state index contributed by atoms with van der Waals surface area (Å²) in [5, 5.41) is 21.8. The van der Waals surface area contributed by atoms with Crippen LogP contribution >= 0.6 is 11.3 Å². The second-order valence-electron chi connectivity index (χ2n) is 3.79. The molecule has 2 rings (SSSR count). The van der Waals surface area contributed by atoms with Crippen LogP contribution < -0.4 is 5.32 Å². The van der Waals surface area contributed by atoms with Gasteiger partial charge < -0.3 is 15.3 Å². The number of hydrogen-bond donors (Lipinski definition) is 2. The number of nitriles is 1. The maximum atomic E-state index is 11.4. The van der Waals surface area contributed by atoms with E-state index in [0.717, 1.165) is 15.4 Å². The molecule has 0 spiro atoms. The summed E-state index contributed by atoms with van der Waals surface area (Å²) in [5.41, 5.74) is 1.74. The van der Waals surface area contributed by atoms with Gasteiger partial charge in [0.1, 0.15) is 17.7 Å². The Bertz CT molecular complexity index is 490. The van der Waals surface area contributed by atoms with Gasteiger partial charge in [-0.25, -0.2) is 0 Å². The first-order valence-electron chi connectivity index (χ1n) is 5.32. The molecule has 0 atom stereocenters. The van der Waals surface area contributed by atoms with E-state index in [4.69, 9.17) is 10.4 Å². The number of aliphatic hydroxyl groups is 1. The van der Waals surface area contributed by atoms with E-state index < -0.39 is 6.61 Å². The molecule has 6 heteroatoms. The third kappa shape index (κ3) is 1.99. The van der Waals surface area contributed by atoms with E-state index in [1.54, 1.807) is 11.9 Å². The molecule has 0 unspecified atom stereocenters. The monoisotopic (exact) mass is 251 g/mol. The van der Waals surface area contributed by atoms with Crippen molar-refractivity contribution in [3.63, 3.8) is 0 Å². The van der Waals surface area contributed by atoms with Crippen LogP contribution in [-0.4, -0.2) is 36.1 Å². The highest BCUT2D eigenvalue weighted by molar-refractivity contribution is 7.16. The van der Waals surface area contributed by atoms with Crippen molar-refractivity contribution >= 4 is 22.2 Å². The van der Waals surface area contributed by atoms with E-state index in [1.807, 2.05) is 0 Å². The molecule has 5 nitrogen and oxygen atoms in total. The van der Waals surface area contributed by atoms with E-state index in [2.05, 4.69) is 11.4 Å². The van der Waals surface area contributed by atoms with Gasteiger partial charge in [-0.3, -0.25) is 4.79 Å². The summed E-state index contributed by atoms with van der Waals surface area (Å²) in [6, 6.07) is 2.21. The van der Waals surface area contributed by atoms with Crippen molar-refractivity contribution in [3.8, 4) is 6.07 Å². The van der Waals surface area contributed by atoms with Crippen molar-refractivity contribution in [3.05, 3.63) is 16.0 Å². The largest absolute Gasteiger partial charge is 0.387 e. The highest BCUT2D eigenvalue weighted by Gasteiger charge is 2.26. The van der Waals surface area contributed by atoms with Crippen LogP contribution in [0.3, 0.4) is 0 Å². The summed E-state index contributed by atoms with van der Waals surface area (Å²) < 4.78 is 0. The number of hydrogen-bond acceptors (Lipinski definition) is 5. The van der Waals surface area contributed by atoms with Gasteiger partial charge in [0.2, 0.25) is 5.91 Å². The van der Waals surface area contributed by atoms with Gasteiger partial charge in [0, 0.05) is 18.5 Å². The minimum Gasteiger partial charge on any atom is -0.387 e. The average molecular weight is 251 g/mol. The quantitative estimate of drug-likeness (QED) is 0.804. The lowest BCUT2D eigenvalue weighted by atomic mass is 10.0. The van der Waals surface area contributed by atoms with Gasteiger partial charge in [-0.2, -0.15) is 5.26 Å². The Kier molecular flexibility index (Phi) is 3.31. The van der Waals surface area contributed by atoms with E-state index in [1.165, 1.54) is 11.3 Å². The summed E-state index contributed by atoms with van der Waals surface area (Å²) in [6.07, 6.45) is 0.683. The Hall–Kier alpha value is -1.58. The number of nitrogens with one attached hydrogen (secondary N) is 1. The molecule has 0 radical (unpaired) electrons. The predicted molar refractivity (Wildman–Crippen MR) is 64.8 cm³/mol. The lowest BCUT2D eigenvalue weighted by Gasteiger charge is -2.26. The van der Waals surface area contributed by atoms with Crippen LogP contribution in [0.4, 0.5) is 5.00 Å². The molecule has 2 N–H and O–H groups in total. The Labute approximate surface area is 103 Å². The van der Waals surface area contributed by atoms with Crippen LogP contribution in [-0.2, 0) is 17.8 Å². The smallest absolute Gasteiger partial charge is 0.248 e. The van der Waals surface area contributed by atoms with Crippen molar-refractivity contribution in [1.82, 2.24) is 4.90 Å². The fourth-order valence-electron chi connectivity index (χ4n) is 2.01. The molecule has 0 fully saturated rings. The topological polar surface area (TPSA) is 76.4 Å². The molecule has 0 aromatic carbocycles. The summed E-state index contributed by atoms with van der Waals surface area (Å²) in [6.45, 7) is 0.613. The molecule has 0 saturated heterocycles. The zero-order valence-electron chi connectivity index (χ0n) is 9.49. The summed E-state index contributed by atoms with van der Waals surface area (Å²) in [5.74, 6) is -0.256. The number of rotatable bonds is 2. The number of carbonyl (C=O) groups excluding carboxylic acids is 1. The molecule has 0 aliphatic carbocycles. The van der Waals surface area contributed by atoms with Crippen LogP contribution in [0.5, 0.6) is 0 Å². The molecule has 1 aliphatic heterocycles. The second kappa shape index (κ2) is 4.73. The van der Waals surface area contributed by atoms with Crippen molar-refractivity contribution in [2.45, 2.75) is 13.0 Å². The first kappa shape index (κ1) is 11.9. The van der Waals surface area contributed by atoms with Crippen LogP contribution in [0.2, 0.25) is 0 Å². The minimum atomic E-state index is -0.454. The van der Waals surface area contributed by atoms with Crippen molar-refractivity contribution < 1.29 is 9.90 Å². The van der Waals surface area contributed by atoms with Crippen LogP contribution in [0.15, 0.2) is 0 Å². The summed E-state index contributed by atoms with van der Waals surface area (Å²) >= 11 is 1.51. The molecule has 1 aliphatic rings. The molecule has 0 bridgehead atoms. The first-order valence-corrected chi connectivity index (χ1v) is 6.14. The number of thiophene rings is 1. The van der Waals surface area contributed by atoms with Gasteiger partial charge in [-0.05, 0) is 12.0 Å². The number of fused-ring (bicyclic) bond motifs is 1. The molecule has 0 saturated carbocycles. The fourth-order valence-corrected chi connectivity index (χ4v) is 3.18. The molecule has 1 aromatic rings. The first-order chi connectivity index (χ1) is 8.21. The van der Waals surface area contributed by atoms with Crippen molar-refractivity contribution in [2.24, 2.45) is 0 Å². The van der Waals surface area contributed by atoms with E-state index in [-0.39, 0.29) is 5.91 Å². The second-order valence-corrected chi connectivity index (χ2v) is 4.90. The van der Waals surface area contributed by atoms with Crippen molar-refractivity contribution in [2.75, 3.05) is 25.5 Å². The molecule has 2 heterocycles. The van der Waals surface area contributed by atoms with Crippen LogP contribution in [0.1, 0.15) is 16.0 Å². The summed E-state index contributed by atoms with van der Waals surface area (Å²) in [7, 11) is 1.79. The number of carbonyl (C=O) groups is 1. The summed E-state index contributed by atoms with van der Waals surface area (Å²) in [4.78, 5) is 14.1. The Balaban J connectivity index is 2.31. The van der Waals surface area contributed by atoms with Gasteiger partial charge in [0.05, 0.1) is 12.1 Å². The number of amides is 1. The molecule has 17 heavy (non-hydrogen) atoms.